The van der Waals surface area contributed by atoms with Gasteiger partial charge in [0.05, 0.1) is 11.0 Å². The Bertz CT molecular complexity index is 499. The van der Waals surface area contributed by atoms with Gasteiger partial charge in [-0.05, 0) is 26.0 Å². The molecule has 2 rings (SSSR count). The van der Waals surface area contributed by atoms with Crippen LogP contribution in [0.2, 0.25) is 0 Å². The van der Waals surface area contributed by atoms with Crippen LogP contribution in [-0.4, -0.2) is 22.1 Å². The van der Waals surface area contributed by atoms with Crippen LogP contribution >= 0.6 is 0 Å². The van der Waals surface area contributed by atoms with Crippen LogP contribution in [0.5, 0.6) is 0 Å². The summed E-state index contributed by atoms with van der Waals surface area (Å²) in [7, 11) is 0. The second-order valence-corrected chi connectivity index (χ2v) is 4.93. The van der Waals surface area contributed by atoms with Gasteiger partial charge in [0.1, 0.15) is 5.82 Å². The number of rotatable bonds is 4. The standard InChI is InChI=1S/C14H21N3/c1-10(2)15-9-11(3)17-12(4)16-13-7-5-6-8-14(13)17/h5-8,10-11,15H,9H2,1-4H3. The monoisotopic (exact) mass is 231 g/mol. The number of nitrogens with zero attached hydrogens (tertiary/aromatic N) is 2. The van der Waals surface area contributed by atoms with Gasteiger partial charge < -0.3 is 9.88 Å². The minimum atomic E-state index is 0.421. The SMILES string of the molecule is Cc1nc2ccccc2n1C(C)CNC(C)C. The van der Waals surface area contributed by atoms with E-state index in [0.717, 1.165) is 17.9 Å². The zero-order chi connectivity index (χ0) is 12.4. The summed E-state index contributed by atoms with van der Waals surface area (Å²) in [5.74, 6) is 1.09. The van der Waals surface area contributed by atoms with Crippen molar-refractivity contribution in [2.75, 3.05) is 6.54 Å². The lowest BCUT2D eigenvalue weighted by Gasteiger charge is -2.18. The van der Waals surface area contributed by atoms with Crippen LogP contribution in [0.1, 0.15) is 32.6 Å². The van der Waals surface area contributed by atoms with Gasteiger partial charge in [0.2, 0.25) is 0 Å². The molecule has 1 aromatic heterocycles. The second-order valence-electron chi connectivity index (χ2n) is 4.93. The number of imidazole rings is 1. The fraction of sp³-hybridized carbons (Fsp3) is 0.500. The van der Waals surface area contributed by atoms with Crippen molar-refractivity contribution in [1.82, 2.24) is 14.9 Å². The number of benzene rings is 1. The van der Waals surface area contributed by atoms with Crippen LogP contribution in [0.4, 0.5) is 0 Å². The van der Waals surface area contributed by atoms with E-state index in [0.29, 0.717) is 12.1 Å². The first-order chi connectivity index (χ1) is 8.09. The highest BCUT2D eigenvalue weighted by atomic mass is 15.1. The highest BCUT2D eigenvalue weighted by Crippen LogP contribution is 2.20. The van der Waals surface area contributed by atoms with Gasteiger partial charge in [0.25, 0.3) is 0 Å². The number of fused-ring (bicyclic) bond motifs is 1. The van der Waals surface area contributed by atoms with Crippen molar-refractivity contribution in [1.29, 1.82) is 0 Å². The van der Waals surface area contributed by atoms with Crippen LogP contribution in [0.25, 0.3) is 11.0 Å². The molecule has 0 fully saturated rings. The zero-order valence-electron chi connectivity index (χ0n) is 11.1. The lowest BCUT2D eigenvalue weighted by atomic mass is 10.2. The molecule has 1 atom stereocenters. The van der Waals surface area contributed by atoms with Gasteiger partial charge in [0, 0.05) is 18.6 Å². The average molecular weight is 231 g/mol. The minimum absolute atomic E-state index is 0.421. The van der Waals surface area contributed by atoms with E-state index in [-0.39, 0.29) is 0 Å². The molecule has 3 heteroatoms. The fourth-order valence-electron chi connectivity index (χ4n) is 2.22. The van der Waals surface area contributed by atoms with Crippen LogP contribution in [0.15, 0.2) is 24.3 Å². The average Bonchev–Trinajstić information content (AvgIpc) is 2.61. The summed E-state index contributed by atoms with van der Waals surface area (Å²) < 4.78 is 2.31. The van der Waals surface area contributed by atoms with Crippen molar-refractivity contribution in [3.8, 4) is 0 Å². The van der Waals surface area contributed by atoms with Gasteiger partial charge in [0.15, 0.2) is 0 Å². The summed E-state index contributed by atoms with van der Waals surface area (Å²) in [4.78, 5) is 4.60. The molecule has 0 aliphatic heterocycles. The molecule has 0 spiro atoms. The van der Waals surface area contributed by atoms with Crippen LogP contribution in [0.3, 0.4) is 0 Å². The summed E-state index contributed by atoms with van der Waals surface area (Å²) in [6.45, 7) is 9.62. The van der Waals surface area contributed by atoms with Crippen molar-refractivity contribution >= 4 is 11.0 Å². The Morgan fingerprint density at radius 1 is 1.24 bits per heavy atom. The molecule has 0 radical (unpaired) electrons. The molecule has 1 heterocycles. The highest BCUT2D eigenvalue weighted by molar-refractivity contribution is 5.76. The molecule has 2 aromatic rings. The maximum Gasteiger partial charge on any atom is 0.107 e. The van der Waals surface area contributed by atoms with Gasteiger partial charge in [-0.15, -0.1) is 0 Å². The molecule has 92 valence electrons. The number of hydrogen-bond acceptors (Lipinski definition) is 2. The largest absolute Gasteiger partial charge is 0.324 e. The molecular formula is C14H21N3. The van der Waals surface area contributed by atoms with E-state index in [4.69, 9.17) is 0 Å². The van der Waals surface area contributed by atoms with Crippen molar-refractivity contribution in [2.45, 2.75) is 39.8 Å². The van der Waals surface area contributed by atoms with Gasteiger partial charge in [-0.3, -0.25) is 0 Å². The van der Waals surface area contributed by atoms with E-state index in [9.17, 15) is 0 Å². The normalized spacial score (nSPS) is 13.5. The van der Waals surface area contributed by atoms with E-state index < -0.39 is 0 Å². The van der Waals surface area contributed by atoms with E-state index in [1.54, 1.807) is 0 Å². The Morgan fingerprint density at radius 3 is 2.65 bits per heavy atom. The molecule has 0 saturated carbocycles. The van der Waals surface area contributed by atoms with Crippen LogP contribution in [-0.2, 0) is 0 Å². The molecule has 0 bridgehead atoms. The Balaban J connectivity index is 2.30. The molecule has 0 amide bonds. The third kappa shape index (κ3) is 2.50. The van der Waals surface area contributed by atoms with Gasteiger partial charge in [-0.25, -0.2) is 4.98 Å². The molecule has 1 aromatic carbocycles. The molecule has 0 aliphatic carbocycles. The predicted molar refractivity (Wildman–Crippen MR) is 72.3 cm³/mol. The number of para-hydroxylation sites is 2. The highest BCUT2D eigenvalue weighted by Gasteiger charge is 2.12. The third-order valence-corrected chi connectivity index (χ3v) is 3.03. The maximum absolute atomic E-state index is 4.60. The lowest BCUT2D eigenvalue weighted by molar-refractivity contribution is 0.466. The van der Waals surface area contributed by atoms with E-state index in [1.165, 1.54) is 5.52 Å². The van der Waals surface area contributed by atoms with E-state index >= 15 is 0 Å². The van der Waals surface area contributed by atoms with Crippen molar-refractivity contribution in [2.24, 2.45) is 0 Å². The Kier molecular flexibility index (Phi) is 3.48. The minimum Gasteiger partial charge on any atom is -0.324 e. The first-order valence-electron chi connectivity index (χ1n) is 6.26. The number of aryl methyl sites for hydroxylation is 1. The first kappa shape index (κ1) is 12.1. The van der Waals surface area contributed by atoms with Gasteiger partial charge >= 0.3 is 0 Å². The van der Waals surface area contributed by atoms with Gasteiger partial charge in [-0.2, -0.15) is 0 Å². The summed E-state index contributed by atoms with van der Waals surface area (Å²) in [6.07, 6.45) is 0. The fourth-order valence-corrected chi connectivity index (χ4v) is 2.22. The number of nitrogens with one attached hydrogen (secondary N) is 1. The van der Waals surface area contributed by atoms with Crippen molar-refractivity contribution < 1.29 is 0 Å². The first-order valence-corrected chi connectivity index (χ1v) is 6.26. The van der Waals surface area contributed by atoms with Crippen LogP contribution < -0.4 is 5.32 Å². The van der Waals surface area contributed by atoms with E-state index in [1.807, 2.05) is 6.07 Å². The predicted octanol–water partition coefficient (Wildman–Crippen LogP) is 2.90. The lowest BCUT2D eigenvalue weighted by Crippen LogP contribution is -2.29. The summed E-state index contributed by atoms with van der Waals surface area (Å²) in [5, 5.41) is 3.48. The summed E-state index contributed by atoms with van der Waals surface area (Å²) in [5.41, 5.74) is 2.31. The molecule has 1 unspecified atom stereocenters. The molecule has 0 saturated heterocycles. The smallest absolute Gasteiger partial charge is 0.107 e. The number of aromatic nitrogens is 2. The molecule has 17 heavy (non-hydrogen) atoms. The van der Waals surface area contributed by atoms with Crippen LogP contribution in [0, 0.1) is 6.92 Å². The van der Waals surface area contributed by atoms with Crippen molar-refractivity contribution in [3.05, 3.63) is 30.1 Å². The number of hydrogen-bond donors (Lipinski definition) is 1. The summed E-state index contributed by atoms with van der Waals surface area (Å²) in [6, 6.07) is 9.26. The Morgan fingerprint density at radius 2 is 1.94 bits per heavy atom. The Hall–Kier alpha value is -1.35. The zero-order valence-corrected chi connectivity index (χ0v) is 11.1. The molecule has 1 N–H and O–H groups in total. The quantitative estimate of drug-likeness (QED) is 0.877. The maximum atomic E-state index is 4.60. The van der Waals surface area contributed by atoms with Crippen molar-refractivity contribution in [3.63, 3.8) is 0 Å². The van der Waals surface area contributed by atoms with Gasteiger partial charge in [-0.1, -0.05) is 26.0 Å². The third-order valence-electron chi connectivity index (χ3n) is 3.03. The van der Waals surface area contributed by atoms with E-state index in [2.05, 4.69) is 60.8 Å². The topological polar surface area (TPSA) is 29.9 Å². The second kappa shape index (κ2) is 4.88. The molecular weight excluding hydrogens is 210 g/mol. The molecule has 0 aliphatic rings. The Labute approximate surface area is 103 Å². The molecule has 3 nitrogen and oxygen atoms in total. The summed E-state index contributed by atoms with van der Waals surface area (Å²) >= 11 is 0.